The van der Waals surface area contributed by atoms with Crippen molar-refractivity contribution >= 4 is 11.7 Å². The lowest BCUT2D eigenvalue weighted by Crippen LogP contribution is -2.30. The number of carbonyl (C=O) groups excluding carboxylic acids is 1. The van der Waals surface area contributed by atoms with Gasteiger partial charge in [-0.3, -0.25) is 9.78 Å². The van der Waals surface area contributed by atoms with Crippen LogP contribution in [0.1, 0.15) is 45.2 Å². The number of carbonyl (C=O) groups is 1. The van der Waals surface area contributed by atoms with E-state index in [9.17, 15) is 4.79 Å². The lowest BCUT2D eigenvalue weighted by Gasteiger charge is -2.20. The molecule has 5 heteroatoms. The van der Waals surface area contributed by atoms with Crippen LogP contribution >= 0.6 is 0 Å². The number of likely N-dealkylation sites (tertiary alicyclic amines) is 1. The summed E-state index contributed by atoms with van der Waals surface area (Å²) < 4.78 is 0. The molecule has 0 aliphatic carbocycles. The van der Waals surface area contributed by atoms with E-state index in [1.54, 1.807) is 12.4 Å². The van der Waals surface area contributed by atoms with E-state index in [0.29, 0.717) is 18.9 Å². The van der Waals surface area contributed by atoms with Crippen LogP contribution in [0.5, 0.6) is 0 Å². The zero-order chi connectivity index (χ0) is 14.4. The van der Waals surface area contributed by atoms with Gasteiger partial charge < -0.3 is 10.2 Å². The second-order valence-corrected chi connectivity index (χ2v) is 5.34. The number of amides is 1. The highest BCUT2D eigenvalue weighted by molar-refractivity contribution is 5.76. The van der Waals surface area contributed by atoms with Crippen LogP contribution in [0.2, 0.25) is 0 Å². The van der Waals surface area contributed by atoms with Crippen molar-refractivity contribution < 1.29 is 4.79 Å². The van der Waals surface area contributed by atoms with E-state index in [1.807, 2.05) is 11.8 Å². The first kappa shape index (κ1) is 14.8. The van der Waals surface area contributed by atoms with Crippen molar-refractivity contribution in [3.8, 4) is 0 Å². The first-order chi connectivity index (χ1) is 9.72. The van der Waals surface area contributed by atoms with E-state index in [4.69, 9.17) is 0 Å². The number of aromatic nitrogens is 2. The van der Waals surface area contributed by atoms with Crippen molar-refractivity contribution in [3.63, 3.8) is 0 Å². The molecule has 0 radical (unpaired) electrons. The lowest BCUT2D eigenvalue weighted by atomic mass is 9.98. The highest BCUT2D eigenvalue weighted by Gasteiger charge is 2.21. The van der Waals surface area contributed by atoms with E-state index in [0.717, 1.165) is 43.9 Å². The van der Waals surface area contributed by atoms with Crippen molar-refractivity contribution in [1.82, 2.24) is 14.9 Å². The molecule has 1 unspecified atom stereocenters. The molecule has 5 nitrogen and oxygen atoms in total. The fraction of sp³-hybridized carbons (Fsp3) is 0.667. The molecule has 2 rings (SSSR count). The summed E-state index contributed by atoms with van der Waals surface area (Å²) in [7, 11) is 0. The number of anilines is 1. The maximum atomic E-state index is 12.1. The predicted octanol–water partition coefficient (Wildman–Crippen LogP) is 2.45. The quantitative estimate of drug-likeness (QED) is 0.897. The zero-order valence-corrected chi connectivity index (χ0v) is 12.4. The molecule has 0 bridgehead atoms. The molecule has 1 aromatic rings. The van der Waals surface area contributed by atoms with Crippen molar-refractivity contribution in [3.05, 3.63) is 18.1 Å². The van der Waals surface area contributed by atoms with Crippen molar-refractivity contribution in [1.29, 1.82) is 0 Å². The topological polar surface area (TPSA) is 58.1 Å². The Morgan fingerprint density at radius 1 is 1.30 bits per heavy atom. The lowest BCUT2D eigenvalue weighted by molar-refractivity contribution is -0.131. The van der Waals surface area contributed by atoms with Gasteiger partial charge in [0.25, 0.3) is 0 Å². The molecule has 20 heavy (non-hydrogen) atoms. The fourth-order valence-electron chi connectivity index (χ4n) is 2.57. The Morgan fingerprint density at radius 3 is 2.80 bits per heavy atom. The molecule has 1 saturated heterocycles. The van der Waals surface area contributed by atoms with Crippen LogP contribution in [-0.2, 0) is 11.3 Å². The van der Waals surface area contributed by atoms with Crippen LogP contribution in [0.4, 0.5) is 5.82 Å². The molecule has 1 aliphatic rings. The first-order valence-corrected chi connectivity index (χ1v) is 7.55. The van der Waals surface area contributed by atoms with E-state index in [2.05, 4.69) is 22.2 Å². The van der Waals surface area contributed by atoms with Crippen LogP contribution < -0.4 is 5.32 Å². The molecule has 0 spiro atoms. The maximum absolute atomic E-state index is 12.1. The molecule has 0 saturated carbocycles. The summed E-state index contributed by atoms with van der Waals surface area (Å²) in [4.78, 5) is 22.7. The van der Waals surface area contributed by atoms with Gasteiger partial charge in [0.15, 0.2) is 0 Å². The monoisotopic (exact) mass is 276 g/mol. The van der Waals surface area contributed by atoms with E-state index < -0.39 is 0 Å². The molecule has 2 heterocycles. The molecule has 0 aromatic carbocycles. The van der Waals surface area contributed by atoms with E-state index in [-0.39, 0.29) is 5.91 Å². The van der Waals surface area contributed by atoms with E-state index >= 15 is 0 Å². The van der Waals surface area contributed by atoms with Gasteiger partial charge >= 0.3 is 0 Å². The number of hydrogen-bond donors (Lipinski definition) is 1. The largest absolute Gasteiger partial charge is 0.369 e. The summed E-state index contributed by atoms with van der Waals surface area (Å²) in [6.45, 7) is 6.48. The van der Waals surface area contributed by atoms with Gasteiger partial charge in [0.2, 0.25) is 5.91 Å². The van der Waals surface area contributed by atoms with Gasteiger partial charge in [-0.1, -0.05) is 13.3 Å². The minimum absolute atomic E-state index is 0.249. The van der Waals surface area contributed by atoms with Gasteiger partial charge in [-0.2, -0.15) is 0 Å². The average Bonchev–Trinajstić information content (AvgIpc) is 2.64. The van der Waals surface area contributed by atoms with Gasteiger partial charge in [0, 0.05) is 19.5 Å². The average molecular weight is 276 g/mol. The third-order valence-electron chi connectivity index (χ3n) is 3.92. The SMILES string of the molecule is CCNc1cnc(CN2CCC(CC)CCC2=O)cn1. The Kier molecular flexibility index (Phi) is 5.32. The third-order valence-corrected chi connectivity index (χ3v) is 3.92. The Bertz CT molecular complexity index is 432. The molecule has 1 aromatic heterocycles. The molecular weight excluding hydrogens is 252 g/mol. The second kappa shape index (κ2) is 7.22. The minimum atomic E-state index is 0.249. The zero-order valence-electron chi connectivity index (χ0n) is 12.4. The summed E-state index contributed by atoms with van der Waals surface area (Å²) in [6.07, 6.45) is 7.45. The number of rotatable bonds is 5. The molecule has 1 fully saturated rings. The number of nitrogens with one attached hydrogen (secondary N) is 1. The van der Waals surface area contributed by atoms with Crippen molar-refractivity contribution in [2.75, 3.05) is 18.4 Å². The van der Waals surface area contributed by atoms with Crippen LogP contribution in [0.15, 0.2) is 12.4 Å². The Morgan fingerprint density at radius 2 is 2.15 bits per heavy atom. The standard InChI is InChI=1S/C15H24N4O/c1-3-12-5-6-15(20)19(8-7-12)11-13-9-18-14(10-17-13)16-4-2/h9-10,12H,3-8,11H2,1-2H3,(H,16,18). The Labute approximate surface area is 120 Å². The summed E-state index contributed by atoms with van der Waals surface area (Å²) in [5.74, 6) is 1.72. The van der Waals surface area contributed by atoms with Gasteiger partial charge in [0.1, 0.15) is 5.82 Å². The third kappa shape index (κ3) is 3.92. The van der Waals surface area contributed by atoms with Crippen LogP contribution in [0.3, 0.4) is 0 Å². The highest BCUT2D eigenvalue weighted by Crippen LogP contribution is 2.21. The molecule has 1 atom stereocenters. The molecule has 110 valence electrons. The van der Waals surface area contributed by atoms with Gasteiger partial charge in [-0.05, 0) is 25.7 Å². The van der Waals surface area contributed by atoms with Crippen molar-refractivity contribution in [2.45, 2.75) is 46.1 Å². The van der Waals surface area contributed by atoms with E-state index in [1.165, 1.54) is 0 Å². The van der Waals surface area contributed by atoms with Crippen LogP contribution in [0, 0.1) is 5.92 Å². The summed E-state index contributed by atoms with van der Waals surface area (Å²) in [5.41, 5.74) is 0.856. The van der Waals surface area contributed by atoms with Crippen LogP contribution in [0.25, 0.3) is 0 Å². The number of nitrogens with zero attached hydrogens (tertiary/aromatic N) is 3. The first-order valence-electron chi connectivity index (χ1n) is 7.55. The molecule has 1 N–H and O–H groups in total. The molecular formula is C15H24N4O. The molecule has 1 aliphatic heterocycles. The van der Waals surface area contributed by atoms with Gasteiger partial charge in [-0.15, -0.1) is 0 Å². The fourth-order valence-corrected chi connectivity index (χ4v) is 2.57. The van der Waals surface area contributed by atoms with Gasteiger partial charge in [-0.25, -0.2) is 4.98 Å². The van der Waals surface area contributed by atoms with Gasteiger partial charge in [0.05, 0.1) is 24.6 Å². The van der Waals surface area contributed by atoms with Crippen molar-refractivity contribution in [2.24, 2.45) is 5.92 Å². The summed E-state index contributed by atoms with van der Waals surface area (Å²) in [6, 6.07) is 0. The Balaban J connectivity index is 1.95. The smallest absolute Gasteiger partial charge is 0.222 e. The number of hydrogen-bond acceptors (Lipinski definition) is 4. The predicted molar refractivity (Wildman–Crippen MR) is 79.2 cm³/mol. The summed E-state index contributed by atoms with van der Waals surface area (Å²) in [5, 5.41) is 3.12. The van der Waals surface area contributed by atoms with Crippen LogP contribution in [-0.4, -0.2) is 33.9 Å². The second-order valence-electron chi connectivity index (χ2n) is 5.34. The normalized spacial score (nSPS) is 19.8. The highest BCUT2D eigenvalue weighted by atomic mass is 16.2. The maximum Gasteiger partial charge on any atom is 0.222 e. The molecule has 1 amide bonds. The Hall–Kier alpha value is -1.65. The summed E-state index contributed by atoms with van der Waals surface area (Å²) >= 11 is 0. The minimum Gasteiger partial charge on any atom is -0.369 e.